The molecule has 0 saturated heterocycles. The number of carboxylic acid groups (broad SMARTS) is 1. The van der Waals surface area contributed by atoms with E-state index >= 15 is 0 Å². The molecular weight excluding hydrogens is 312 g/mol. The molecule has 0 aliphatic carbocycles. The molecule has 110 valence electrons. The van der Waals surface area contributed by atoms with Gasteiger partial charge in [0.05, 0.1) is 16.2 Å². The van der Waals surface area contributed by atoms with Gasteiger partial charge in [-0.25, -0.2) is 13.2 Å². The van der Waals surface area contributed by atoms with E-state index in [9.17, 15) is 13.2 Å². The molecule has 0 aliphatic heterocycles. The molecule has 0 heterocycles. The largest absolute Gasteiger partial charge is 0.478 e. The quantitative estimate of drug-likeness (QED) is 0.936. The van der Waals surface area contributed by atoms with Crippen LogP contribution in [0.5, 0.6) is 0 Å². The fraction of sp³-hybridized carbons (Fsp3) is 0.133. The van der Waals surface area contributed by atoms with Gasteiger partial charge < -0.3 is 5.11 Å². The first kappa shape index (κ1) is 15.5. The van der Waals surface area contributed by atoms with Crippen LogP contribution in [0.1, 0.15) is 21.5 Å². The van der Waals surface area contributed by atoms with Crippen molar-refractivity contribution in [2.45, 2.75) is 17.6 Å². The summed E-state index contributed by atoms with van der Waals surface area (Å²) in [5, 5.41) is 9.53. The highest BCUT2D eigenvalue weighted by molar-refractivity contribution is 7.90. The van der Waals surface area contributed by atoms with E-state index in [0.29, 0.717) is 16.1 Å². The lowest BCUT2D eigenvalue weighted by Crippen LogP contribution is -2.08. The number of carbonyl (C=O) groups is 1. The highest BCUT2D eigenvalue weighted by Crippen LogP contribution is 2.21. The third-order valence-corrected chi connectivity index (χ3v) is 4.96. The Morgan fingerprint density at radius 2 is 1.90 bits per heavy atom. The lowest BCUT2D eigenvalue weighted by molar-refractivity contribution is 0.0696. The Kier molecular flexibility index (Phi) is 4.34. The Bertz CT molecular complexity index is 797. The number of aryl methyl sites for hydroxylation is 1. The van der Waals surface area contributed by atoms with Crippen molar-refractivity contribution in [3.05, 3.63) is 64.2 Å². The molecule has 0 radical (unpaired) electrons. The number of carboxylic acids is 1. The van der Waals surface area contributed by atoms with Gasteiger partial charge in [-0.3, -0.25) is 0 Å². The van der Waals surface area contributed by atoms with Crippen molar-refractivity contribution < 1.29 is 18.3 Å². The van der Waals surface area contributed by atoms with Crippen LogP contribution in [0.3, 0.4) is 0 Å². The van der Waals surface area contributed by atoms with E-state index in [1.807, 2.05) is 0 Å². The second-order valence-electron chi connectivity index (χ2n) is 4.67. The number of aromatic carboxylic acids is 1. The highest BCUT2D eigenvalue weighted by atomic mass is 35.5. The molecule has 0 spiro atoms. The first-order valence-corrected chi connectivity index (χ1v) is 8.14. The van der Waals surface area contributed by atoms with Gasteiger partial charge in [0.15, 0.2) is 9.84 Å². The van der Waals surface area contributed by atoms with Gasteiger partial charge in [0, 0.05) is 5.02 Å². The van der Waals surface area contributed by atoms with Gasteiger partial charge in [-0.05, 0) is 42.3 Å². The van der Waals surface area contributed by atoms with Crippen LogP contribution in [0.2, 0.25) is 5.02 Å². The van der Waals surface area contributed by atoms with Crippen LogP contribution in [0.25, 0.3) is 0 Å². The predicted octanol–water partition coefficient (Wildman–Crippen LogP) is 3.32. The van der Waals surface area contributed by atoms with E-state index < -0.39 is 15.8 Å². The molecule has 2 aromatic rings. The fourth-order valence-corrected chi connectivity index (χ4v) is 3.53. The number of halogens is 1. The second kappa shape index (κ2) is 5.87. The summed E-state index contributed by atoms with van der Waals surface area (Å²) in [6.45, 7) is 1.62. The fourth-order valence-electron chi connectivity index (χ4n) is 1.95. The average molecular weight is 325 g/mol. The molecule has 6 heteroatoms. The molecular formula is C15H13ClO4S. The molecule has 0 atom stereocenters. The minimum Gasteiger partial charge on any atom is -0.478 e. The van der Waals surface area contributed by atoms with Crippen molar-refractivity contribution in [3.8, 4) is 0 Å². The van der Waals surface area contributed by atoms with Gasteiger partial charge >= 0.3 is 5.97 Å². The predicted molar refractivity (Wildman–Crippen MR) is 80.5 cm³/mol. The van der Waals surface area contributed by atoms with Gasteiger partial charge in [-0.15, -0.1) is 0 Å². The van der Waals surface area contributed by atoms with Crippen LogP contribution in [0, 0.1) is 6.92 Å². The molecule has 0 fully saturated rings. The van der Waals surface area contributed by atoms with E-state index in [2.05, 4.69) is 0 Å². The van der Waals surface area contributed by atoms with E-state index in [4.69, 9.17) is 16.7 Å². The van der Waals surface area contributed by atoms with Gasteiger partial charge in [0.1, 0.15) is 0 Å². The number of hydrogen-bond acceptors (Lipinski definition) is 3. The van der Waals surface area contributed by atoms with Crippen LogP contribution >= 0.6 is 11.6 Å². The summed E-state index contributed by atoms with van der Waals surface area (Å²) >= 11 is 5.83. The average Bonchev–Trinajstić information content (AvgIpc) is 2.38. The normalized spacial score (nSPS) is 11.3. The molecule has 2 rings (SSSR count). The molecule has 0 aromatic heterocycles. The third kappa shape index (κ3) is 3.62. The zero-order valence-electron chi connectivity index (χ0n) is 11.2. The molecule has 21 heavy (non-hydrogen) atoms. The van der Waals surface area contributed by atoms with Crippen LogP contribution in [0.15, 0.2) is 47.4 Å². The van der Waals surface area contributed by atoms with E-state index in [1.165, 1.54) is 18.2 Å². The van der Waals surface area contributed by atoms with Gasteiger partial charge in [-0.2, -0.15) is 0 Å². The first-order chi connectivity index (χ1) is 9.79. The standard InChI is InChI=1S/C15H13ClO4S/c1-10-5-6-13(8-14(10)15(17)18)21(19,20)9-11-3-2-4-12(16)7-11/h2-8H,9H2,1H3,(H,17,18). The Labute approximate surface area is 127 Å². The van der Waals surface area contributed by atoms with Crippen molar-refractivity contribution in [2.75, 3.05) is 0 Å². The molecule has 0 saturated carbocycles. The number of benzene rings is 2. The van der Waals surface area contributed by atoms with E-state index in [0.717, 1.165) is 0 Å². The Morgan fingerprint density at radius 1 is 1.19 bits per heavy atom. The maximum atomic E-state index is 12.4. The van der Waals surface area contributed by atoms with Gasteiger partial charge in [0.2, 0.25) is 0 Å². The summed E-state index contributed by atoms with van der Waals surface area (Å²) in [6, 6.07) is 10.7. The summed E-state index contributed by atoms with van der Waals surface area (Å²) in [4.78, 5) is 11.1. The molecule has 0 amide bonds. The first-order valence-electron chi connectivity index (χ1n) is 6.11. The van der Waals surface area contributed by atoms with Crippen LogP contribution < -0.4 is 0 Å². The zero-order chi connectivity index (χ0) is 15.6. The van der Waals surface area contributed by atoms with Crippen LogP contribution in [-0.4, -0.2) is 19.5 Å². The lowest BCUT2D eigenvalue weighted by atomic mass is 10.1. The number of hydrogen-bond donors (Lipinski definition) is 1. The minimum atomic E-state index is -3.62. The summed E-state index contributed by atoms with van der Waals surface area (Å²) in [5.74, 6) is -1.37. The smallest absolute Gasteiger partial charge is 0.335 e. The highest BCUT2D eigenvalue weighted by Gasteiger charge is 2.18. The summed E-state index contributed by atoms with van der Waals surface area (Å²) < 4.78 is 24.7. The maximum Gasteiger partial charge on any atom is 0.335 e. The molecule has 4 nitrogen and oxygen atoms in total. The van der Waals surface area contributed by atoms with Crippen LogP contribution in [-0.2, 0) is 15.6 Å². The van der Waals surface area contributed by atoms with Gasteiger partial charge in [-0.1, -0.05) is 29.8 Å². The molecule has 0 bridgehead atoms. The zero-order valence-corrected chi connectivity index (χ0v) is 12.8. The molecule has 2 aromatic carbocycles. The second-order valence-corrected chi connectivity index (χ2v) is 7.10. The summed E-state index contributed by atoms with van der Waals surface area (Å²) in [5.41, 5.74) is 1.06. The minimum absolute atomic E-state index is 0.00882. The third-order valence-electron chi connectivity index (χ3n) is 3.04. The van der Waals surface area contributed by atoms with E-state index in [-0.39, 0.29) is 16.2 Å². The summed E-state index contributed by atoms with van der Waals surface area (Å²) in [7, 11) is -3.62. The SMILES string of the molecule is Cc1ccc(S(=O)(=O)Cc2cccc(Cl)c2)cc1C(=O)O. The monoisotopic (exact) mass is 324 g/mol. The van der Waals surface area contributed by atoms with Crippen LogP contribution in [0.4, 0.5) is 0 Å². The maximum absolute atomic E-state index is 12.4. The molecule has 0 unspecified atom stereocenters. The van der Waals surface area contributed by atoms with E-state index in [1.54, 1.807) is 31.2 Å². The number of rotatable bonds is 4. The van der Waals surface area contributed by atoms with Crippen molar-refractivity contribution in [2.24, 2.45) is 0 Å². The van der Waals surface area contributed by atoms with Crippen molar-refractivity contribution >= 4 is 27.4 Å². The topological polar surface area (TPSA) is 71.4 Å². The Hall–Kier alpha value is -1.85. The summed E-state index contributed by atoms with van der Waals surface area (Å²) in [6.07, 6.45) is 0. The molecule has 0 aliphatic rings. The Balaban J connectivity index is 2.40. The Morgan fingerprint density at radius 3 is 2.52 bits per heavy atom. The molecule has 1 N–H and O–H groups in total. The van der Waals surface area contributed by atoms with Gasteiger partial charge in [0.25, 0.3) is 0 Å². The van der Waals surface area contributed by atoms with Crippen molar-refractivity contribution in [1.29, 1.82) is 0 Å². The van der Waals surface area contributed by atoms with Crippen molar-refractivity contribution in [3.63, 3.8) is 0 Å². The van der Waals surface area contributed by atoms with Crippen molar-refractivity contribution in [1.82, 2.24) is 0 Å². The number of sulfone groups is 1. The lowest BCUT2D eigenvalue weighted by Gasteiger charge is -2.08.